The standard InChI is InChI=1S/C17H16ClFN2O2/c1-11-5-3-4-6-13(11)10-20-23-12(2)17(22)21-16-8-7-14(19)9-15(16)18/h3-10,12H,1-2H3,(H,21,22)/b20-10-/t12-/m1/s1. The lowest BCUT2D eigenvalue weighted by Crippen LogP contribution is -2.26. The topological polar surface area (TPSA) is 50.7 Å². The maximum Gasteiger partial charge on any atom is 0.268 e. The molecule has 2 rings (SSSR count). The number of carbonyl (C=O) groups is 1. The van der Waals surface area contributed by atoms with Crippen molar-refractivity contribution in [2.45, 2.75) is 20.0 Å². The van der Waals surface area contributed by atoms with Crippen molar-refractivity contribution in [2.75, 3.05) is 5.32 Å². The average Bonchev–Trinajstić information content (AvgIpc) is 2.51. The highest BCUT2D eigenvalue weighted by atomic mass is 35.5. The normalized spacial score (nSPS) is 12.2. The van der Waals surface area contributed by atoms with E-state index in [1.54, 1.807) is 13.1 Å². The Kier molecular flexibility index (Phi) is 5.71. The number of halogens is 2. The van der Waals surface area contributed by atoms with E-state index >= 15 is 0 Å². The van der Waals surface area contributed by atoms with E-state index in [0.29, 0.717) is 5.69 Å². The zero-order valence-electron chi connectivity index (χ0n) is 12.7. The van der Waals surface area contributed by atoms with Crippen molar-refractivity contribution in [3.05, 3.63) is 64.4 Å². The summed E-state index contributed by atoms with van der Waals surface area (Å²) in [7, 11) is 0. The van der Waals surface area contributed by atoms with E-state index in [4.69, 9.17) is 16.4 Å². The number of hydrogen-bond donors (Lipinski definition) is 1. The van der Waals surface area contributed by atoms with Crippen molar-refractivity contribution in [2.24, 2.45) is 5.16 Å². The summed E-state index contributed by atoms with van der Waals surface area (Å²) < 4.78 is 13.0. The predicted octanol–water partition coefficient (Wildman–Crippen LogP) is 4.17. The lowest BCUT2D eigenvalue weighted by atomic mass is 10.1. The summed E-state index contributed by atoms with van der Waals surface area (Å²) in [6.07, 6.45) is 0.723. The molecule has 2 aromatic carbocycles. The number of benzene rings is 2. The van der Waals surface area contributed by atoms with Gasteiger partial charge in [0.1, 0.15) is 5.82 Å². The van der Waals surface area contributed by atoms with E-state index < -0.39 is 17.8 Å². The van der Waals surface area contributed by atoms with E-state index in [1.807, 2.05) is 31.2 Å². The van der Waals surface area contributed by atoms with Gasteiger partial charge in [-0.3, -0.25) is 4.79 Å². The SMILES string of the molecule is Cc1ccccc1/C=N\O[C@H](C)C(=O)Nc1ccc(F)cc1Cl. The van der Waals surface area contributed by atoms with Crippen LogP contribution in [0.1, 0.15) is 18.1 Å². The maximum absolute atomic E-state index is 13.0. The lowest BCUT2D eigenvalue weighted by molar-refractivity contribution is -0.126. The molecule has 23 heavy (non-hydrogen) atoms. The minimum Gasteiger partial charge on any atom is -0.383 e. The second-order valence-corrected chi connectivity index (χ2v) is 5.36. The molecule has 0 bridgehead atoms. The van der Waals surface area contributed by atoms with Gasteiger partial charge in [-0.15, -0.1) is 0 Å². The molecule has 0 saturated heterocycles. The molecule has 0 aliphatic rings. The van der Waals surface area contributed by atoms with Crippen LogP contribution in [0, 0.1) is 12.7 Å². The van der Waals surface area contributed by atoms with Crippen LogP contribution in [-0.2, 0) is 9.63 Å². The van der Waals surface area contributed by atoms with Crippen LogP contribution in [0.15, 0.2) is 47.6 Å². The van der Waals surface area contributed by atoms with Crippen LogP contribution in [-0.4, -0.2) is 18.2 Å². The van der Waals surface area contributed by atoms with Gasteiger partial charge in [-0.05, 0) is 43.2 Å². The monoisotopic (exact) mass is 334 g/mol. The van der Waals surface area contributed by atoms with Crippen molar-refractivity contribution in [1.29, 1.82) is 0 Å². The molecule has 0 heterocycles. The minimum absolute atomic E-state index is 0.119. The van der Waals surface area contributed by atoms with Crippen LogP contribution in [0.5, 0.6) is 0 Å². The van der Waals surface area contributed by atoms with Crippen molar-refractivity contribution >= 4 is 29.4 Å². The zero-order valence-corrected chi connectivity index (χ0v) is 13.5. The molecule has 1 N–H and O–H groups in total. The molecule has 0 aliphatic carbocycles. The third kappa shape index (κ3) is 4.79. The van der Waals surface area contributed by atoms with Crippen molar-refractivity contribution < 1.29 is 14.0 Å². The number of hydrogen-bond acceptors (Lipinski definition) is 3. The highest BCUT2D eigenvalue weighted by molar-refractivity contribution is 6.33. The van der Waals surface area contributed by atoms with Crippen LogP contribution >= 0.6 is 11.6 Å². The van der Waals surface area contributed by atoms with Gasteiger partial charge in [0, 0.05) is 0 Å². The van der Waals surface area contributed by atoms with Gasteiger partial charge >= 0.3 is 0 Å². The minimum atomic E-state index is -0.823. The molecule has 6 heteroatoms. The molecule has 4 nitrogen and oxygen atoms in total. The number of nitrogens with one attached hydrogen (secondary N) is 1. The third-order valence-electron chi connectivity index (χ3n) is 3.16. The quantitative estimate of drug-likeness (QED) is 0.659. The summed E-state index contributed by atoms with van der Waals surface area (Å²) in [5, 5.41) is 6.50. The maximum atomic E-state index is 13.0. The summed E-state index contributed by atoms with van der Waals surface area (Å²) in [6, 6.07) is 11.4. The smallest absolute Gasteiger partial charge is 0.268 e. The van der Waals surface area contributed by atoms with Crippen molar-refractivity contribution in [3.63, 3.8) is 0 Å². The summed E-state index contributed by atoms with van der Waals surface area (Å²) >= 11 is 5.85. The van der Waals surface area contributed by atoms with Crippen LogP contribution < -0.4 is 5.32 Å². The Morgan fingerprint density at radius 1 is 1.35 bits per heavy atom. The Bertz CT molecular complexity index is 734. The second kappa shape index (κ2) is 7.74. The molecular formula is C17H16ClFN2O2. The van der Waals surface area contributed by atoms with Crippen molar-refractivity contribution in [3.8, 4) is 0 Å². The number of anilines is 1. The van der Waals surface area contributed by atoms with Gasteiger partial charge in [-0.25, -0.2) is 4.39 Å². The summed E-state index contributed by atoms with van der Waals surface area (Å²) in [5.41, 5.74) is 2.27. The van der Waals surface area contributed by atoms with E-state index in [0.717, 1.165) is 17.2 Å². The summed E-state index contributed by atoms with van der Waals surface area (Å²) in [5.74, 6) is -0.902. The van der Waals surface area contributed by atoms with E-state index in [-0.39, 0.29) is 5.02 Å². The zero-order chi connectivity index (χ0) is 16.8. The summed E-state index contributed by atoms with van der Waals surface area (Å²) in [4.78, 5) is 17.1. The van der Waals surface area contributed by atoms with Crippen LogP contribution in [0.2, 0.25) is 5.02 Å². The molecule has 2 aromatic rings. The second-order valence-electron chi connectivity index (χ2n) is 4.95. The summed E-state index contributed by atoms with van der Waals surface area (Å²) in [6.45, 7) is 3.51. The average molecular weight is 335 g/mol. The van der Waals surface area contributed by atoms with Gasteiger partial charge < -0.3 is 10.2 Å². The first-order valence-electron chi connectivity index (χ1n) is 6.98. The van der Waals surface area contributed by atoms with Crippen LogP contribution in [0.25, 0.3) is 0 Å². The fraction of sp³-hybridized carbons (Fsp3) is 0.176. The highest BCUT2D eigenvalue weighted by Crippen LogP contribution is 2.22. The Labute approximate surface area is 138 Å². The number of aryl methyl sites for hydroxylation is 1. The predicted molar refractivity (Wildman–Crippen MR) is 89.4 cm³/mol. The van der Waals surface area contributed by atoms with Gasteiger partial charge in [0.05, 0.1) is 16.9 Å². The van der Waals surface area contributed by atoms with E-state index in [1.165, 1.54) is 12.1 Å². The number of nitrogens with zero attached hydrogens (tertiary/aromatic N) is 1. The molecule has 0 spiro atoms. The van der Waals surface area contributed by atoms with E-state index in [2.05, 4.69) is 10.5 Å². The van der Waals surface area contributed by atoms with Gasteiger partial charge in [-0.1, -0.05) is 41.0 Å². The molecule has 1 amide bonds. The fourth-order valence-electron chi connectivity index (χ4n) is 1.78. The van der Waals surface area contributed by atoms with Gasteiger partial charge in [-0.2, -0.15) is 0 Å². The first kappa shape index (κ1) is 17.0. The Hall–Kier alpha value is -2.40. The molecule has 0 aliphatic heterocycles. The van der Waals surface area contributed by atoms with Crippen LogP contribution in [0.3, 0.4) is 0 Å². The molecule has 0 radical (unpaired) electrons. The highest BCUT2D eigenvalue weighted by Gasteiger charge is 2.15. The molecular weight excluding hydrogens is 319 g/mol. The van der Waals surface area contributed by atoms with E-state index in [9.17, 15) is 9.18 Å². The largest absolute Gasteiger partial charge is 0.383 e. The lowest BCUT2D eigenvalue weighted by Gasteiger charge is -2.11. The molecule has 120 valence electrons. The van der Waals surface area contributed by atoms with Gasteiger partial charge in [0.15, 0.2) is 0 Å². The molecule has 0 aromatic heterocycles. The van der Waals surface area contributed by atoms with Gasteiger partial charge in [0.2, 0.25) is 6.10 Å². The molecule has 0 unspecified atom stereocenters. The fourth-order valence-corrected chi connectivity index (χ4v) is 2.00. The molecule has 0 fully saturated rings. The first-order chi connectivity index (χ1) is 11.0. The Morgan fingerprint density at radius 2 is 2.09 bits per heavy atom. The number of carbonyl (C=O) groups excluding carboxylic acids is 1. The Balaban J connectivity index is 1.94. The molecule has 0 saturated carbocycles. The third-order valence-corrected chi connectivity index (χ3v) is 3.47. The molecule has 1 atom stereocenters. The van der Waals surface area contributed by atoms with Crippen LogP contribution in [0.4, 0.5) is 10.1 Å². The number of rotatable bonds is 5. The van der Waals surface area contributed by atoms with Crippen molar-refractivity contribution in [1.82, 2.24) is 0 Å². The number of amides is 1. The number of oxime groups is 1. The first-order valence-corrected chi connectivity index (χ1v) is 7.36. The van der Waals surface area contributed by atoms with Gasteiger partial charge in [0.25, 0.3) is 5.91 Å². The Morgan fingerprint density at radius 3 is 2.78 bits per heavy atom.